The molecule has 0 aliphatic heterocycles. The van der Waals surface area contributed by atoms with Crippen molar-refractivity contribution in [1.29, 1.82) is 0 Å². The molecule has 2 N–H and O–H groups in total. The van der Waals surface area contributed by atoms with Gasteiger partial charge in [-0.3, -0.25) is 9.89 Å². The summed E-state index contributed by atoms with van der Waals surface area (Å²) in [6.45, 7) is 9.59. The highest BCUT2D eigenvalue weighted by Crippen LogP contribution is 2.08. The van der Waals surface area contributed by atoms with E-state index in [-0.39, 0.29) is 24.0 Å². The van der Waals surface area contributed by atoms with Gasteiger partial charge in [-0.25, -0.2) is 0 Å². The number of guanidine groups is 1. The van der Waals surface area contributed by atoms with Gasteiger partial charge in [0.25, 0.3) is 0 Å². The van der Waals surface area contributed by atoms with Crippen molar-refractivity contribution >= 4 is 29.9 Å². The molecule has 0 aliphatic carbocycles. The van der Waals surface area contributed by atoms with Gasteiger partial charge in [0.15, 0.2) is 11.8 Å². The smallest absolute Gasteiger partial charge is 0.226 e. The molecule has 0 spiro atoms. The molecule has 1 aromatic carbocycles. The van der Waals surface area contributed by atoms with Gasteiger partial charge >= 0.3 is 0 Å². The predicted molar refractivity (Wildman–Crippen MR) is 129 cm³/mol. The molecule has 0 radical (unpaired) electrons. The monoisotopic (exact) mass is 514 g/mol. The van der Waals surface area contributed by atoms with Crippen LogP contribution < -0.4 is 10.6 Å². The van der Waals surface area contributed by atoms with Crippen LogP contribution >= 0.6 is 24.0 Å². The van der Waals surface area contributed by atoms with Gasteiger partial charge < -0.3 is 15.2 Å². The van der Waals surface area contributed by atoms with Gasteiger partial charge in [-0.1, -0.05) is 35.5 Å². The van der Waals surface area contributed by atoms with E-state index in [0.717, 1.165) is 51.4 Å². The Balaban J connectivity index is 0.00000420. The fraction of sp³-hybridized carbons (Fsp3) is 0.571. The van der Waals surface area contributed by atoms with Crippen LogP contribution in [0.5, 0.6) is 0 Å². The maximum atomic E-state index is 5.13. The first kappa shape index (κ1) is 25.4. The van der Waals surface area contributed by atoms with E-state index in [0.29, 0.717) is 17.8 Å². The van der Waals surface area contributed by atoms with Gasteiger partial charge in [0.05, 0.1) is 0 Å². The topological polar surface area (TPSA) is 78.6 Å². The molecule has 162 valence electrons. The third-order valence-electron chi connectivity index (χ3n) is 4.61. The molecule has 1 unspecified atom stereocenters. The molecule has 0 amide bonds. The molecule has 1 atom stereocenters. The van der Waals surface area contributed by atoms with E-state index in [1.807, 2.05) is 6.92 Å². The zero-order valence-corrected chi connectivity index (χ0v) is 20.3. The number of nitrogens with zero attached hydrogens (tertiary/aromatic N) is 4. The molecular formula is C21H35IN6O. The Morgan fingerprint density at radius 3 is 2.66 bits per heavy atom. The molecule has 1 aromatic heterocycles. The lowest BCUT2D eigenvalue weighted by Crippen LogP contribution is -2.40. The van der Waals surface area contributed by atoms with E-state index in [2.05, 4.69) is 81.9 Å². The number of aromatic nitrogens is 2. The molecule has 0 saturated carbocycles. The molecule has 8 heteroatoms. The Bertz CT molecular complexity index is 706. The molecule has 29 heavy (non-hydrogen) atoms. The van der Waals surface area contributed by atoms with Crippen molar-refractivity contribution < 1.29 is 4.52 Å². The summed E-state index contributed by atoms with van der Waals surface area (Å²) in [5.41, 5.74) is 1.34. The molecule has 1 heterocycles. The van der Waals surface area contributed by atoms with Gasteiger partial charge in [0, 0.05) is 38.6 Å². The number of nitrogens with one attached hydrogen (secondary N) is 2. The first-order chi connectivity index (χ1) is 13.6. The minimum absolute atomic E-state index is 0. The van der Waals surface area contributed by atoms with Crippen molar-refractivity contribution in [2.24, 2.45) is 4.99 Å². The predicted octanol–water partition coefficient (Wildman–Crippen LogP) is 3.39. The molecule has 2 rings (SSSR count). The Hall–Kier alpha value is -1.68. The average molecular weight is 514 g/mol. The second-order valence-corrected chi connectivity index (χ2v) is 7.06. The molecule has 7 nitrogen and oxygen atoms in total. The summed E-state index contributed by atoms with van der Waals surface area (Å²) in [6.07, 6.45) is 2.69. The van der Waals surface area contributed by atoms with Gasteiger partial charge in [0.2, 0.25) is 5.89 Å². The quantitative estimate of drug-likeness (QED) is 0.207. The van der Waals surface area contributed by atoms with Crippen LogP contribution in [0.15, 0.2) is 39.8 Å². The number of halogens is 1. The maximum Gasteiger partial charge on any atom is 0.226 e. The van der Waals surface area contributed by atoms with Gasteiger partial charge in [0.1, 0.15) is 0 Å². The maximum absolute atomic E-state index is 5.13. The lowest BCUT2D eigenvalue weighted by atomic mass is 10.1. The van der Waals surface area contributed by atoms with Gasteiger partial charge in [-0.15, -0.1) is 24.0 Å². The van der Waals surface area contributed by atoms with E-state index in [4.69, 9.17) is 4.52 Å². The fourth-order valence-corrected chi connectivity index (χ4v) is 2.85. The number of benzene rings is 1. The SMILES string of the molecule is CCNC(=NCCCc1nc(C)no1)NCCC(C)N(C)Cc1ccccc1.I. The van der Waals surface area contributed by atoms with Crippen LogP contribution in [0.3, 0.4) is 0 Å². The molecule has 0 saturated heterocycles. The van der Waals surface area contributed by atoms with Crippen LogP contribution in [0.2, 0.25) is 0 Å². The molecule has 0 bridgehead atoms. The van der Waals surface area contributed by atoms with Gasteiger partial charge in [-0.05, 0) is 46.2 Å². The van der Waals surface area contributed by atoms with Crippen LogP contribution in [0.1, 0.15) is 44.0 Å². The average Bonchev–Trinajstić information content (AvgIpc) is 3.11. The van der Waals surface area contributed by atoms with E-state index in [9.17, 15) is 0 Å². The van der Waals surface area contributed by atoms with E-state index < -0.39 is 0 Å². The van der Waals surface area contributed by atoms with E-state index >= 15 is 0 Å². The fourth-order valence-electron chi connectivity index (χ4n) is 2.85. The highest BCUT2D eigenvalue weighted by atomic mass is 127. The van der Waals surface area contributed by atoms with Crippen molar-refractivity contribution in [3.05, 3.63) is 47.6 Å². The van der Waals surface area contributed by atoms with E-state index in [1.165, 1.54) is 5.56 Å². The minimum atomic E-state index is 0. The summed E-state index contributed by atoms with van der Waals surface area (Å²) < 4.78 is 5.13. The summed E-state index contributed by atoms with van der Waals surface area (Å²) in [7, 11) is 2.18. The second kappa shape index (κ2) is 14.3. The van der Waals surface area contributed by atoms with Crippen molar-refractivity contribution in [3.63, 3.8) is 0 Å². The zero-order chi connectivity index (χ0) is 20.2. The highest BCUT2D eigenvalue weighted by molar-refractivity contribution is 14.0. The molecule has 0 fully saturated rings. The molecule has 2 aromatic rings. The van der Waals surface area contributed by atoms with Crippen LogP contribution in [0, 0.1) is 6.92 Å². The van der Waals surface area contributed by atoms with Crippen molar-refractivity contribution in [1.82, 2.24) is 25.7 Å². The van der Waals surface area contributed by atoms with Crippen molar-refractivity contribution in [2.75, 3.05) is 26.7 Å². The van der Waals surface area contributed by atoms with Crippen LogP contribution in [0.4, 0.5) is 0 Å². The van der Waals surface area contributed by atoms with Crippen LogP contribution in [-0.4, -0.2) is 53.7 Å². The number of hydrogen-bond donors (Lipinski definition) is 2. The Morgan fingerprint density at radius 2 is 2.00 bits per heavy atom. The summed E-state index contributed by atoms with van der Waals surface area (Å²) in [5, 5.41) is 10.5. The third-order valence-corrected chi connectivity index (χ3v) is 4.61. The molecule has 0 aliphatic rings. The Labute approximate surface area is 191 Å². The summed E-state index contributed by atoms with van der Waals surface area (Å²) >= 11 is 0. The minimum Gasteiger partial charge on any atom is -0.357 e. The number of aryl methyl sites for hydroxylation is 2. The normalized spacial score (nSPS) is 12.5. The molecular weight excluding hydrogens is 479 g/mol. The Kier molecular flexibility index (Phi) is 12.5. The second-order valence-electron chi connectivity index (χ2n) is 7.06. The number of aliphatic imine (C=N–C) groups is 1. The van der Waals surface area contributed by atoms with E-state index in [1.54, 1.807) is 0 Å². The van der Waals surface area contributed by atoms with Crippen molar-refractivity contribution in [3.8, 4) is 0 Å². The first-order valence-electron chi connectivity index (χ1n) is 10.1. The number of rotatable bonds is 11. The largest absolute Gasteiger partial charge is 0.357 e. The lowest BCUT2D eigenvalue weighted by Gasteiger charge is -2.25. The third kappa shape index (κ3) is 10.1. The summed E-state index contributed by atoms with van der Waals surface area (Å²) in [4.78, 5) is 11.2. The van der Waals surface area contributed by atoms with Gasteiger partial charge in [-0.2, -0.15) is 4.98 Å². The lowest BCUT2D eigenvalue weighted by molar-refractivity contribution is 0.238. The van der Waals surface area contributed by atoms with Crippen LogP contribution in [0.25, 0.3) is 0 Å². The summed E-state index contributed by atoms with van der Waals surface area (Å²) in [6, 6.07) is 11.1. The highest BCUT2D eigenvalue weighted by Gasteiger charge is 2.10. The summed E-state index contributed by atoms with van der Waals surface area (Å²) in [5.74, 6) is 2.22. The first-order valence-corrected chi connectivity index (χ1v) is 10.1. The Morgan fingerprint density at radius 1 is 1.24 bits per heavy atom. The number of hydrogen-bond acceptors (Lipinski definition) is 5. The zero-order valence-electron chi connectivity index (χ0n) is 18.0. The standard InChI is InChI=1S/C21H34N6O.HI/c1-5-22-21(23-14-9-12-20-25-18(3)26-28-20)24-15-13-17(2)27(4)16-19-10-7-6-8-11-19;/h6-8,10-11,17H,5,9,12-16H2,1-4H3,(H2,22,23,24);1H. The van der Waals surface area contributed by atoms with Crippen molar-refractivity contribution in [2.45, 2.75) is 52.6 Å². The van der Waals surface area contributed by atoms with Crippen LogP contribution in [-0.2, 0) is 13.0 Å².